The Morgan fingerprint density at radius 2 is 1.90 bits per heavy atom. The number of nitrogens with zero attached hydrogens (tertiary/aromatic N) is 7. The summed E-state index contributed by atoms with van der Waals surface area (Å²) in [6.45, 7) is -0.600. The maximum atomic E-state index is 14.5. The van der Waals surface area contributed by atoms with Gasteiger partial charge in [0, 0.05) is 26.4 Å². The summed E-state index contributed by atoms with van der Waals surface area (Å²) in [5.74, 6) is -3.85. The highest BCUT2D eigenvalue weighted by Crippen LogP contribution is 2.26. The van der Waals surface area contributed by atoms with Crippen molar-refractivity contribution in [3.05, 3.63) is 47.9 Å². The zero-order valence-corrected chi connectivity index (χ0v) is 21.2. The predicted octanol–water partition coefficient (Wildman–Crippen LogP) is 2.11. The fraction of sp³-hybridized carbons (Fsp3) is 0.478. The molecule has 2 amide bonds. The molecule has 2 N–H and O–H groups in total. The third kappa shape index (κ3) is 8.69. The van der Waals surface area contributed by atoms with E-state index in [1.165, 1.54) is 44.9 Å². The third-order valence-electron chi connectivity index (χ3n) is 5.56. The van der Waals surface area contributed by atoms with Crippen molar-refractivity contribution in [3.8, 4) is 5.75 Å². The molecule has 0 saturated carbocycles. The van der Waals surface area contributed by atoms with Crippen molar-refractivity contribution in [1.82, 2.24) is 40.2 Å². The molecule has 4 rings (SSSR count). The van der Waals surface area contributed by atoms with Gasteiger partial charge in [0.25, 0.3) is 11.8 Å². The topological polar surface area (TPSA) is 132 Å². The first-order chi connectivity index (χ1) is 18.8. The predicted molar refractivity (Wildman–Crippen MR) is 128 cm³/mol. The number of alkyl halides is 5. The minimum Gasteiger partial charge on any atom is -0.433 e. The van der Waals surface area contributed by atoms with E-state index in [9.17, 15) is 31.5 Å². The average molecular weight is 572 g/mol. The van der Waals surface area contributed by atoms with Crippen LogP contribution in [0, 0.1) is 0 Å². The van der Waals surface area contributed by atoms with E-state index in [0.29, 0.717) is 12.5 Å². The minimum atomic E-state index is -3.34. The molecule has 0 bridgehead atoms. The molecule has 3 aromatic rings. The highest BCUT2D eigenvalue weighted by atomic mass is 19.3. The van der Waals surface area contributed by atoms with Crippen molar-refractivity contribution in [2.45, 2.75) is 51.2 Å². The number of carbonyl (C=O) groups is 2. The Balaban J connectivity index is 1.17. The molecule has 1 fully saturated rings. The SMILES string of the molecule is CC(F)(F)Oc1cccc(CNC(=O)c2cn(CCC(F)Cn3cc(NC(=O)CN4CC(F)(F)C4)nn3)nn2)c1. The monoisotopic (exact) mass is 571 g/mol. The van der Waals surface area contributed by atoms with E-state index < -0.39 is 43.1 Å². The van der Waals surface area contributed by atoms with Crippen LogP contribution in [0.25, 0.3) is 0 Å². The number of aryl methyl sites for hydroxylation is 1. The van der Waals surface area contributed by atoms with Crippen molar-refractivity contribution < 1.29 is 36.3 Å². The van der Waals surface area contributed by atoms with Gasteiger partial charge in [-0.3, -0.25) is 19.2 Å². The fourth-order valence-electron chi connectivity index (χ4n) is 3.83. The second-order valence-corrected chi connectivity index (χ2v) is 9.37. The van der Waals surface area contributed by atoms with E-state index in [4.69, 9.17) is 0 Å². The van der Waals surface area contributed by atoms with E-state index in [-0.39, 0.29) is 49.9 Å². The standard InChI is InChI=1S/C23H26F5N9O3/c1-22(25,26)40-17-4-2-3-15(7-17)8-29-21(39)18-10-36(33-31-18)6-5-16(24)9-37-11-19(32-34-37)30-20(38)12-35-13-23(27,28)14-35/h2-4,7,10-11,16H,5-6,8-9,12-14H2,1H3,(H,29,39)(H,30,38). The maximum absolute atomic E-state index is 14.5. The van der Waals surface area contributed by atoms with Gasteiger partial charge in [-0.25, -0.2) is 17.9 Å². The van der Waals surface area contributed by atoms with Gasteiger partial charge < -0.3 is 15.4 Å². The normalized spacial score (nSPS) is 15.8. The highest BCUT2D eigenvalue weighted by molar-refractivity contribution is 5.92. The third-order valence-corrected chi connectivity index (χ3v) is 5.56. The van der Waals surface area contributed by atoms with Crippen molar-refractivity contribution in [3.63, 3.8) is 0 Å². The zero-order chi connectivity index (χ0) is 28.9. The number of halogens is 5. The zero-order valence-electron chi connectivity index (χ0n) is 21.2. The number of aromatic nitrogens is 6. The van der Waals surface area contributed by atoms with Crippen LogP contribution in [0.15, 0.2) is 36.7 Å². The van der Waals surface area contributed by atoms with Gasteiger partial charge in [0.1, 0.15) is 11.9 Å². The molecule has 0 spiro atoms. The number of nitrogens with one attached hydrogen (secondary N) is 2. The highest BCUT2D eigenvalue weighted by Gasteiger charge is 2.44. The fourth-order valence-corrected chi connectivity index (χ4v) is 3.83. The average Bonchev–Trinajstić information content (AvgIpc) is 3.49. The summed E-state index contributed by atoms with van der Waals surface area (Å²) >= 11 is 0. The lowest BCUT2D eigenvalue weighted by Gasteiger charge is -2.37. The van der Waals surface area contributed by atoms with E-state index in [1.807, 2.05) is 0 Å². The van der Waals surface area contributed by atoms with Crippen LogP contribution in [0.4, 0.5) is 27.8 Å². The Morgan fingerprint density at radius 3 is 2.62 bits per heavy atom. The lowest BCUT2D eigenvalue weighted by Crippen LogP contribution is -2.57. The van der Waals surface area contributed by atoms with E-state index in [1.54, 1.807) is 6.07 Å². The molecule has 216 valence electrons. The van der Waals surface area contributed by atoms with Crippen LogP contribution in [-0.2, 0) is 24.4 Å². The number of hydrogen-bond acceptors (Lipinski definition) is 8. The first-order valence-corrected chi connectivity index (χ1v) is 12.1. The number of rotatable bonds is 13. The van der Waals surface area contributed by atoms with Crippen molar-refractivity contribution in [2.75, 3.05) is 25.0 Å². The number of likely N-dealkylation sites (tertiary alicyclic amines) is 1. The number of amides is 2. The van der Waals surface area contributed by atoms with Gasteiger partial charge >= 0.3 is 6.11 Å². The molecule has 1 saturated heterocycles. The molecule has 40 heavy (non-hydrogen) atoms. The summed E-state index contributed by atoms with van der Waals surface area (Å²) in [5, 5.41) is 20.1. The second-order valence-electron chi connectivity index (χ2n) is 9.37. The summed E-state index contributed by atoms with van der Waals surface area (Å²) in [5.41, 5.74) is 0.515. The van der Waals surface area contributed by atoms with Gasteiger partial charge in [0.2, 0.25) is 5.91 Å². The van der Waals surface area contributed by atoms with Gasteiger partial charge in [-0.15, -0.1) is 10.2 Å². The number of carbonyl (C=O) groups excluding carboxylic acids is 2. The maximum Gasteiger partial charge on any atom is 0.394 e. The van der Waals surface area contributed by atoms with Gasteiger partial charge in [0.05, 0.1) is 38.6 Å². The smallest absolute Gasteiger partial charge is 0.394 e. The molecule has 3 heterocycles. The van der Waals surface area contributed by atoms with Gasteiger partial charge in [-0.1, -0.05) is 22.6 Å². The van der Waals surface area contributed by atoms with Crippen molar-refractivity contribution in [2.24, 2.45) is 0 Å². The summed E-state index contributed by atoms with van der Waals surface area (Å²) in [4.78, 5) is 25.6. The Labute approximate surface area is 224 Å². The number of anilines is 1. The van der Waals surface area contributed by atoms with Gasteiger partial charge in [-0.05, 0) is 17.7 Å². The van der Waals surface area contributed by atoms with Crippen LogP contribution in [0.3, 0.4) is 0 Å². The molecule has 12 nitrogen and oxygen atoms in total. The summed E-state index contributed by atoms with van der Waals surface area (Å²) in [6, 6.07) is 5.89. The molecule has 1 unspecified atom stereocenters. The van der Waals surface area contributed by atoms with Crippen LogP contribution >= 0.6 is 0 Å². The van der Waals surface area contributed by atoms with Crippen LogP contribution in [0.1, 0.15) is 29.4 Å². The molecule has 2 aromatic heterocycles. The van der Waals surface area contributed by atoms with Gasteiger partial charge in [-0.2, -0.15) is 8.78 Å². The molecule has 1 aliphatic rings. The van der Waals surface area contributed by atoms with Crippen LogP contribution < -0.4 is 15.4 Å². The number of benzene rings is 1. The molecule has 1 atom stereocenters. The first-order valence-electron chi connectivity index (χ1n) is 12.1. The van der Waals surface area contributed by atoms with Gasteiger partial charge in [0.15, 0.2) is 11.5 Å². The molecule has 1 aromatic carbocycles. The Kier molecular flexibility index (Phi) is 8.61. The Bertz CT molecular complexity index is 1320. The Hall–Kier alpha value is -4.15. The molecular formula is C23H26F5N9O3. The molecule has 0 radical (unpaired) electrons. The quantitative estimate of drug-likeness (QED) is 0.298. The van der Waals surface area contributed by atoms with E-state index in [2.05, 4.69) is 36.0 Å². The lowest BCUT2D eigenvalue weighted by molar-refractivity contribution is -0.159. The second kappa shape index (κ2) is 11.9. The van der Waals surface area contributed by atoms with Crippen molar-refractivity contribution in [1.29, 1.82) is 0 Å². The summed E-state index contributed by atoms with van der Waals surface area (Å²) < 4.78 is 73.3. The van der Waals surface area contributed by atoms with Crippen molar-refractivity contribution >= 4 is 17.6 Å². The number of hydrogen-bond donors (Lipinski definition) is 2. The van der Waals surface area contributed by atoms with Crippen LogP contribution in [0.5, 0.6) is 5.75 Å². The van der Waals surface area contributed by atoms with E-state index >= 15 is 0 Å². The van der Waals surface area contributed by atoms with Crippen LogP contribution in [0.2, 0.25) is 0 Å². The summed E-state index contributed by atoms with van der Waals surface area (Å²) in [6.07, 6.45) is -2.04. The Morgan fingerprint density at radius 1 is 1.15 bits per heavy atom. The molecule has 1 aliphatic heterocycles. The lowest BCUT2D eigenvalue weighted by atomic mass is 10.1. The molecule has 17 heteroatoms. The number of ether oxygens (including phenoxy) is 1. The largest absolute Gasteiger partial charge is 0.433 e. The minimum absolute atomic E-state index is 0.00397. The van der Waals surface area contributed by atoms with Crippen LogP contribution in [-0.4, -0.2) is 84.5 Å². The summed E-state index contributed by atoms with van der Waals surface area (Å²) in [7, 11) is 0. The van der Waals surface area contributed by atoms with E-state index in [0.717, 1.165) is 0 Å². The first kappa shape index (κ1) is 28.8. The molecular weight excluding hydrogens is 545 g/mol. The molecule has 0 aliphatic carbocycles.